The first kappa shape index (κ1) is 10.1. The van der Waals surface area contributed by atoms with Gasteiger partial charge in [-0.1, -0.05) is 6.42 Å². The lowest BCUT2D eigenvalue weighted by molar-refractivity contribution is -0.137. The number of carbonyl (C=O) groups is 1. The Hall–Kier alpha value is -1.39. The van der Waals surface area contributed by atoms with Crippen molar-refractivity contribution in [3.63, 3.8) is 0 Å². The van der Waals surface area contributed by atoms with Crippen LogP contribution in [0.3, 0.4) is 0 Å². The molecule has 0 aromatic carbocycles. The van der Waals surface area contributed by atoms with Crippen molar-refractivity contribution in [1.29, 1.82) is 0 Å². The normalized spacial score (nSPS) is 16.3. The van der Waals surface area contributed by atoms with E-state index in [-0.39, 0.29) is 6.42 Å². The largest absolute Gasteiger partial charge is 0.481 e. The number of hydrogen-bond acceptors (Lipinski definition) is 4. The Morgan fingerprint density at radius 2 is 2.27 bits per heavy atom. The zero-order valence-electron chi connectivity index (χ0n) is 8.48. The highest BCUT2D eigenvalue weighted by molar-refractivity contribution is 5.66. The number of rotatable bonds is 5. The van der Waals surface area contributed by atoms with E-state index < -0.39 is 5.97 Å². The van der Waals surface area contributed by atoms with E-state index in [1.165, 1.54) is 6.42 Å². The van der Waals surface area contributed by atoms with E-state index in [0.29, 0.717) is 24.7 Å². The van der Waals surface area contributed by atoms with Crippen molar-refractivity contribution >= 4 is 5.97 Å². The maximum atomic E-state index is 10.3. The standard InChI is InChI=1S/C10H14N2O3/c13-9(14)6-2-5-8-11-12-10(15-8)7-3-1-4-7/h7H,1-6H2,(H,13,14). The van der Waals surface area contributed by atoms with Crippen LogP contribution < -0.4 is 0 Å². The Labute approximate surface area is 87.5 Å². The zero-order valence-corrected chi connectivity index (χ0v) is 8.48. The quantitative estimate of drug-likeness (QED) is 0.801. The van der Waals surface area contributed by atoms with Crippen molar-refractivity contribution in [3.8, 4) is 0 Å². The van der Waals surface area contributed by atoms with Crippen molar-refractivity contribution in [1.82, 2.24) is 10.2 Å². The van der Waals surface area contributed by atoms with Gasteiger partial charge >= 0.3 is 5.97 Å². The van der Waals surface area contributed by atoms with Crippen LogP contribution in [0.4, 0.5) is 0 Å². The second kappa shape index (κ2) is 4.42. The molecule has 0 amide bonds. The number of carboxylic acid groups (broad SMARTS) is 1. The number of carboxylic acids is 1. The molecule has 15 heavy (non-hydrogen) atoms. The molecule has 0 unspecified atom stereocenters. The van der Waals surface area contributed by atoms with E-state index >= 15 is 0 Å². The zero-order chi connectivity index (χ0) is 10.7. The van der Waals surface area contributed by atoms with Crippen molar-refractivity contribution in [3.05, 3.63) is 11.8 Å². The maximum Gasteiger partial charge on any atom is 0.303 e. The first-order valence-corrected chi connectivity index (χ1v) is 5.30. The molecule has 1 aliphatic carbocycles. The Kier molecular flexibility index (Phi) is 2.99. The Balaban J connectivity index is 1.81. The summed E-state index contributed by atoms with van der Waals surface area (Å²) in [6.07, 6.45) is 4.78. The molecule has 2 rings (SSSR count). The fraction of sp³-hybridized carbons (Fsp3) is 0.700. The third kappa shape index (κ3) is 2.55. The topological polar surface area (TPSA) is 76.2 Å². The molecule has 1 aliphatic rings. The summed E-state index contributed by atoms with van der Waals surface area (Å²) in [5, 5.41) is 16.3. The lowest BCUT2D eigenvalue weighted by Gasteiger charge is -2.20. The average molecular weight is 210 g/mol. The van der Waals surface area contributed by atoms with Crippen molar-refractivity contribution in [2.75, 3.05) is 0 Å². The monoisotopic (exact) mass is 210 g/mol. The average Bonchev–Trinajstić information content (AvgIpc) is 2.49. The third-order valence-corrected chi connectivity index (χ3v) is 2.72. The van der Waals surface area contributed by atoms with Crippen LogP contribution in [0.15, 0.2) is 4.42 Å². The summed E-state index contributed by atoms with van der Waals surface area (Å²) in [6, 6.07) is 0. The molecule has 5 nitrogen and oxygen atoms in total. The van der Waals surface area contributed by atoms with Gasteiger partial charge in [-0.15, -0.1) is 10.2 Å². The molecular formula is C10H14N2O3. The fourth-order valence-corrected chi connectivity index (χ4v) is 1.58. The minimum atomic E-state index is -0.784. The van der Waals surface area contributed by atoms with Gasteiger partial charge in [0.15, 0.2) is 0 Å². The van der Waals surface area contributed by atoms with Crippen LogP contribution in [-0.2, 0) is 11.2 Å². The number of aliphatic carboxylic acids is 1. The van der Waals surface area contributed by atoms with Crippen LogP contribution in [0.5, 0.6) is 0 Å². The number of hydrogen-bond donors (Lipinski definition) is 1. The highest BCUT2D eigenvalue weighted by Crippen LogP contribution is 2.35. The summed E-state index contributed by atoms with van der Waals surface area (Å²) >= 11 is 0. The van der Waals surface area contributed by atoms with E-state index in [1.54, 1.807) is 0 Å². The molecule has 0 bridgehead atoms. The Morgan fingerprint density at radius 3 is 2.87 bits per heavy atom. The van der Waals surface area contributed by atoms with Crippen molar-refractivity contribution in [2.24, 2.45) is 0 Å². The predicted molar refractivity (Wildman–Crippen MR) is 51.5 cm³/mol. The number of aryl methyl sites for hydroxylation is 1. The highest BCUT2D eigenvalue weighted by atomic mass is 16.4. The first-order valence-electron chi connectivity index (χ1n) is 5.30. The molecule has 1 aromatic heterocycles. The van der Waals surface area contributed by atoms with Crippen LogP contribution >= 0.6 is 0 Å². The molecule has 0 spiro atoms. The molecule has 82 valence electrons. The van der Waals surface area contributed by atoms with Crippen LogP contribution in [0.2, 0.25) is 0 Å². The SMILES string of the molecule is O=C(O)CCCc1nnc(C2CCC2)o1. The van der Waals surface area contributed by atoms with Gasteiger partial charge in [0.2, 0.25) is 11.8 Å². The van der Waals surface area contributed by atoms with Crippen LogP contribution in [-0.4, -0.2) is 21.3 Å². The van der Waals surface area contributed by atoms with Crippen LogP contribution in [0.25, 0.3) is 0 Å². The fourth-order valence-electron chi connectivity index (χ4n) is 1.58. The summed E-state index contributed by atoms with van der Waals surface area (Å²) < 4.78 is 5.45. The van der Waals surface area contributed by atoms with Crippen LogP contribution in [0.1, 0.15) is 49.8 Å². The molecule has 0 saturated heterocycles. The minimum absolute atomic E-state index is 0.154. The molecule has 1 heterocycles. The lowest BCUT2D eigenvalue weighted by atomic mass is 9.85. The molecule has 5 heteroatoms. The summed E-state index contributed by atoms with van der Waals surface area (Å²) in [4.78, 5) is 10.3. The van der Waals surface area contributed by atoms with E-state index in [0.717, 1.165) is 18.7 Å². The lowest BCUT2D eigenvalue weighted by Crippen LogP contribution is -2.08. The molecule has 1 aromatic rings. The van der Waals surface area contributed by atoms with Gasteiger partial charge < -0.3 is 9.52 Å². The van der Waals surface area contributed by atoms with Gasteiger partial charge in [-0.3, -0.25) is 4.79 Å². The summed E-state index contributed by atoms with van der Waals surface area (Å²) in [7, 11) is 0. The summed E-state index contributed by atoms with van der Waals surface area (Å²) in [5.74, 6) is 0.962. The van der Waals surface area contributed by atoms with Crippen molar-refractivity contribution in [2.45, 2.75) is 44.4 Å². The number of nitrogens with zero attached hydrogens (tertiary/aromatic N) is 2. The van der Waals surface area contributed by atoms with Gasteiger partial charge in [-0.05, 0) is 19.3 Å². The van der Waals surface area contributed by atoms with Gasteiger partial charge in [-0.25, -0.2) is 0 Å². The second-order valence-corrected chi connectivity index (χ2v) is 3.91. The van der Waals surface area contributed by atoms with Gasteiger partial charge in [0.25, 0.3) is 0 Å². The smallest absolute Gasteiger partial charge is 0.303 e. The summed E-state index contributed by atoms with van der Waals surface area (Å²) in [5.41, 5.74) is 0. The number of aromatic nitrogens is 2. The minimum Gasteiger partial charge on any atom is -0.481 e. The predicted octanol–water partition coefficient (Wildman–Crippen LogP) is 1.74. The first-order chi connectivity index (χ1) is 7.25. The molecule has 0 atom stereocenters. The molecule has 1 saturated carbocycles. The Morgan fingerprint density at radius 1 is 1.47 bits per heavy atom. The summed E-state index contributed by atoms with van der Waals surface area (Å²) in [6.45, 7) is 0. The van der Waals surface area contributed by atoms with Crippen molar-refractivity contribution < 1.29 is 14.3 Å². The third-order valence-electron chi connectivity index (χ3n) is 2.72. The molecule has 1 fully saturated rings. The van der Waals surface area contributed by atoms with E-state index in [2.05, 4.69) is 10.2 Å². The van der Waals surface area contributed by atoms with Gasteiger partial charge in [0.1, 0.15) is 0 Å². The van der Waals surface area contributed by atoms with E-state index in [4.69, 9.17) is 9.52 Å². The molecule has 0 radical (unpaired) electrons. The Bertz CT molecular complexity index is 344. The highest BCUT2D eigenvalue weighted by Gasteiger charge is 2.24. The maximum absolute atomic E-state index is 10.3. The van der Waals surface area contributed by atoms with Crippen LogP contribution in [0, 0.1) is 0 Å². The van der Waals surface area contributed by atoms with Gasteiger partial charge in [0, 0.05) is 18.8 Å². The molecular weight excluding hydrogens is 196 g/mol. The second-order valence-electron chi connectivity index (χ2n) is 3.91. The molecule has 0 aliphatic heterocycles. The molecule has 1 N–H and O–H groups in total. The van der Waals surface area contributed by atoms with E-state index in [9.17, 15) is 4.79 Å². The van der Waals surface area contributed by atoms with Gasteiger partial charge in [0.05, 0.1) is 0 Å². The van der Waals surface area contributed by atoms with Gasteiger partial charge in [-0.2, -0.15) is 0 Å². The van der Waals surface area contributed by atoms with E-state index in [1.807, 2.05) is 0 Å².